The summed E-state index contributed by atoms with van der Waals surface area (Å²) in [6.45, 7) is 1.58. The highest BCUT2D eigenvalue weighted by atomic mass is 16.5. The molecule has 2 aliphatic rings. The maximum absolute atomic E-state index is 12.7. The third kappa shape index (κ3) is 4.10. The van der Waals surface area contributed by atoms with Crippen molar-refractivity contribution in [3.63, 3.8) is 0 Å². The molecule has 0 aliphatic carbocycles. The first-order valence-electron chi connectivity index (χ1n) is 11.5. The Kier molecular flexibility index (Phi) is 5.18. The second-order valence-corrected chi connectivity index (χ2v) is 8.96. The number of nitrogens with zero attached hydrogens (tertiary/aromatic N) is 7. The van der Waals surface area contributed by atoms with E-state index < -0.39 is 0 Å². The van der Waals surface area contributed by atoms with E-state index in [9.17, 15) is 4.79 Å². The predicted octanol–water partition coefficient (Wildman–Crippen LogP) is 2.80. The van der Waals surface area contributed by atoms with Crippen LogP contribution in [0.5, 0.6) is 0 Å². The van der Waals surface area contributed by atoms with Gasteiger partial charge >= 0.3 is 0 Å². The van der Waals surface area contributed by atoms with Crippen LogP contribution >= 0.6 is 0 Å². The summed E-state index contributed by atoms with van der Waals surface area (Å²) in [7, 11) is 1.90. The molecule has 0 saturated carbocycles. The number of rotatable bonds is 5. The fourth-order valence-corrected chi connectivity index (χ4v) is 4.69. The van der Waals surface area contributed by atoms with E-state index >= 15 is 0 Å². The minimum absolute atomic E-state index is 0.0787. The van der Waals surface area contributed by atoms with Crippen molar-refractivity contribution in [3.05, 3.63) is 61.4 Å². The van der Waals surface area contributed by atoms with Crippen LogP contribution < -0.4 is 0 Å². The van der Waals surface area contributed by atoms with Crippen LogP contribution in [0, 0.1) is 0 Å². The number of aryl methyl sites for hydroxylation is 1. The topological polar surface area (TPSA) is 91.0 Å². The lowest BCUT2D eigenvalue weighted by Gasteiger charge is -2.32. The van der Waals surface area contributed by atoms with Gasteiger partial charge in [-0.1, -0.05) is 18.2 Å². The van der Waals surface area contributed by atoms with Crippen LogP contribution in [0.25, 0.3) is 33.6 Å². The number of fused-ring (bicyclic) bond motifs is 2. The molecule has 0 spiro atoms. The van der Waals surface area contributed by atoms with Gasteiger partial charge in [0.2, 0.25) is 5.91 Å². The average molecular weight is 456 g/mol. The molecule has 9 heteroatoms. The van der Waals surface area contributed by atoms with Crippen molar-refractivity contribution in [1.29, 1.82) is 0 Å². The van der Waals surface area contributed by atoms with Gasteiger partial charge in [-0.2, -0.15) is 10.2 Å². The van der Waals surface area contributed by atoms with Gasteiger partial charge in [0.15, 0.2) is 5.82 Å². The van der Waals surface area contributed by atoms with Gasteiger partial charge in [-0.3, -0.25) is 14.2 Å². The van der Waals surface area contributed by atoms with Gasteiger partial charge in [-0.25, -0.2) is 9.97 Å². The highest BCUT2D eigenvalue weighted by molar-refractivity contribution is 5.76. The second kappa shape index (κ2) is 8.49. The Morgan fingerprint density at radius 1 is 0.912 bits per heavy atom. The molecular formula is C25H25N7O2. The number of hydrogen-bond acceptors (Lipinski definition) is 6. The first-order chi connectivity index (χ1) is 16.6. The van der Waals surface area contributed by atoms with E-state index in [1.54, 1.807) is 28.0 Å². The number of likely N-dealkylation sites (tertiary alicyclic amines) is 1. The Balaban J connectivity index is 1.15. The van der Waals surface area contributed by atoms with Crippen LogP contribution in [-0.2, 0) is 23.1 Å². The number of carbonyl (C=O) groups is 1. The summed E-state index contributed by atoms with van der Waals surface area (Å²) in [5.74, 6) is 0.731. The molecule has 9 nitrogen and oxygen atoms in total. The minimum Gasteiger partial charge on any atom is -0.371 e. The van der Waals surface area contributed by atoms with E-state index in [0.29, 0.717) is 18.9 Å². The SMILES string of the molecule is Cn1cc(-c2cccc(-c3ncc(-c4cnn(CC(=O)N5CC6CCC(C5)O6)c4)cn3)c2)cn1. The summed E-state index contributed by atoms with van der Waals surface area (Å²) in [6.07, 6.45) is 13.5. The molecule has 2 atom stereocenters. The molecule has 6 rings (SSSR count). The minimum atomic E-state index is 0.0787. The van der Waals surface area contributed by atoms with Crippen LogP contribution in [-0.4, -0.2) is 65.6 Å². The maximum atomic E-state index is 12.7. The van der Waals surface area contributed by atoms with Crippen LogP contribution in [0.15, 0.2) is 61.4 Å². The molecule has 2 saturated heterocycles. The summed E-state index contributed by atoms with van der Waals surface area (Å²) in [6, 6.07) is 8.10. The van der Waals surface area contributed by atoms with Crippen molar-refractivity contribution in [2.75, 3.05) is 13.1 Å². The summed E-state index contributed by atoms with van der Waals surface area (Å²) in [5.41, 5.74) is 4.79. The second-order valence-electron chi connectivity index (χ2n) is 8.96. The van der Waals surface area contributed by atoms with Crippen molar-refractivity contribution in [2.45, 2.75) is 31.6 Å². The standard InChI is InChI=1S/C25H25N7O2/c1-30-12-20(10-28-30)17-3-2-4-18(7-17)25-26-8-19(9-27-25)21-11-29-32(13-21)16-24(33)31-14-22-5-6-23(15-31)34-22/h2-4,7-13,22-23H,5-6,14-16H2,1H3. The Morgan fingerprint density at radius 3 is 2.35 bits per heavy atom. The highest BCUT2D eigenvalue weighted by Crippen LogP contribution is 2.27. The number of amides is 1. The Hall–Kier alpha value is -3.85. The van der Waals surface area contributed by atoms with Crippen molar-refractivity contribution >= 4 is 5.91 Å². The number of ether oxygens (including phenoxy) is 1. The largest absolute Gasteiger partial charge is 0.371 e. The summed E-state index contributed by atoms with van der Waals surface area (Å²) >= 11 is 0. The first-order valence-corrected chi connectivity index (χ1v) is 11.5. The average Bonchev–Trinajstić information content (AvgIpc) is 3.59. The lowest BCUT2D eigenvalue weighted by atomic mass is 10.1. The van der Waals surface area contributed by atoms with E-state index in [4.69, 9.17) is 4.74 Å². The molecule has 172 valence electrons. The normalized spacial score (nSPS) is 19.5. The number of hydrogen-bond donors (Lipinski definition) is 0. The van der Waals surface area contributed by atoms with Gasteiger partial charge < -0.3 is 9.64 Å². The lowest BCUT2D eigenvalue weighted by molar-refractivity contribution is -0.140. The Bertz CT molecular complexity index is 1320. The van der Waals surface area contributed by atoms with E-state index in [1.165, 1.54) is 0 Å². The van der Waals surface area contributed by atoms with Crippen LogP contribution in [0.2, 0.25) is 0 Å². The van der Waals surface area contributed by atoms with Crippen molar-refractivity contribution in [1.82, 2.24) is 34.4 Å². The zero-order valence-corrected chi connectivity index (χ0v) is 18.9. The number of benzene rings is 1. The van der Waals surface area contributed by atoms with E-state index in [-0.39, 0.29) is 24.7 Å². The summed E-state index contributed by atoms with van der Waals surface area (Å²) in [5, 5.41) is 8.63. The lowest BCUT2D eigenvalue weighted by Crippen LogP contribution is -2.47. The molecule has 2 aliphatic heterocycles. The monoisotopic (exact) mass is 455 g/mol. The molecule has 2 bridgehead atoms. The Labute approximate surface area is 197 Å². The fourth-order valence-electron chi connectivity index (χ4n) is 4.69. The van der Waals surface area contributed by atoms with Gasteiger partial charge in [0.1, 0.15) is 6.54 Å². The molecule has 34 heavy (non-hydrogen) atoms. The summed E-state index contributed by atoms with van der Waals surface area (Å²) < 4.78 is 9.29. The molecule has 5 heterocycles. The number of morpholine rings is 1. The molecular weight excluding hydrogens is 430 g/mol. The molecule has 1 aromatic carbocycles. The van der Waals surface area contributed by atoms with Gasteiger partial charge in [-0.05, 0) is 24.5 Å². The van der Waals surface area contributed by atoms with Crippen LogP contribution in [0.3, 0.4) is 0 Å². The smallest absolute Gasteiger partial charge is 0.244 e. The third-order valence-corrected chi connectivity index (χ3v) is 6.47. The maximum Gasteiger partial charge on any atom is 0.244 e. The van der Waals surface area contributed by atoms with Crippen molar-refractivity contribution < 1.29 is 9.53 Å². The third-order valence-electron chi connectivity index (χ3n) is 6.47. The number of carbonyl (C=O) groups excluding carboxylic acids is 1. The van der Waals surface area contributed by atoms with Crippen LogP contribution in [0.1, 0.15) is 12.8 Å². The molecule has 0 N–H and O–H groups in total. The van der Waals surface area contributed by atoms with E-state index in [2.05, 4.69) is 26.2 Å². The van der Waals surface area contributed by atoms with E-state index in [0.717, 1.165) is 40.7 Å². The molecule has 2 unspecified atom stereocenters. The van der Waals surface area contributed by atoms with Crippen molar-refractivity contribution in [2.24, 2.45) is 7.05 Å². The van der Waals surface area contributed by atoms with Gasteiger partial charge in [0.05, 0.1) is 24.6 Å². The summed E-state index contributed by atoms with van der Waals surface area (Å²) in [4.78, 5) is 23.8. The zero-order valence-electron chi connectivity index (χ0n) is 18.9. The number of aromatic nitrogens is 6. The molecule has 0 radical (unpaired) electrons. The van der Waals surface area contributed by atoms with Crippen molar-refractivity contribution in [3.8, 4) is 33.6 Å². The highest BCUT2D eigenvalue weighted by Gasteiger charge is 2.35. The molecule has 4 aromatic rings. The van der Waals surface area contributed by atoms with E-state index in [1.807, 2.05) is 48.7 Å². The van der Waals surface area contributed by atoms with Gasteiger partial charge in [0.25, 0.3) is 0 Å². The fraction of sp³-hybridized carbons (Fsp3) is 0.320. The molecule has 3 aromatic heterocycles. The Morgan fingerprint density at radius 2 is 1.62 bits per heavy atom. The quantitative estimate of drug-likeness (QED) is 0.460. The first kappa shape index (κ1) is 20.7. The molecule has 2 fully saturated rings. The van der Waals surface area contributed by atoms with Gasteiger partial charge in [-0.15, -0.1) is 0 Å². The predicted molar refractivity (Wildman–Crippen MR) is 125 cm³/mol. The van der Waals surface area contributed by atoms with Crippen LogP contribution in [0.4, 0.5) is 0 Å². The van der Waals surface area contributed by atoms with Gasteiger partial charge in [0, 0.05) is 67.2 Å². The molecule has 1 amide bonds. The zero-order chi connectivity index (χ0) is 23.1.